The minimum Gasteiger partial charge on any atom is -0.311 e. The normalized spacial score (nSPS) is 14.1. The summed E-state index contributed by atoms with van der Waals surface area (Å²) in [4.78, 5) is 2.45. The number of halogens is 1. The van der Waals surface area contributed by atoms with Gasteiger partial charge in [-0.15, -0.1) is 0 Å². The average molecular weight is 341 g/mol. The summed E-state index contributed by atoms with van der Waals surface area (Å²) < 4.78 is 1.15. The highest BCUT2D eigenvalue weighted by molar-refractivity contribution is 9.10. The standard InChI is InChI=1S/C17H29BrN2/c1-13(2)16(11-19-17(3,4)5)20(6)12-14-8-7-9-15(18)10-14/h7-10,13,16,19H,11-12H2,1-6H3. The number of nitrogens with zero attached hydrogens (tertiary/aromatic N) is 1. The van der Waals surface area contributed by atoms with E-state index in [2.05, 4.69) is 92.1 Å². The maximum atomic E-state index is 3.63. The summed E-state index contributed by atoms with van der Waals surface area (Å²) in [7, 11) is 2.22. The lowest BCUT2D eigenvalue weighted by molar-refractivity contribution is 0.169. The van der Waals surface area contributed by atoms with Crippen LogP contribution in [0.25, 0.3) is 0 Å². The number of rotatable bonds is 6. The van der Waals surface area contributed by atoms with Gasteiger partial charge in [0.2, 0.25) is 0 Å². The molecule has 1 aromatic rings. The van der Waals surface area contributed by atoms with Crippen molar-refractivity contribution in [3.63, 3.8) is 0 Å². The molecule has 3 heteroatoms. The molecule has 0 radical (unpaired) electrons. The molecule has 0 heterocycles. The highest BCUT2D eigenvalue weighted by atomic mass is 79.9. The third-order valence-corrected chi connectivity index (χ3v) is 3.99. The van der Waals surface area contributed by atoms with Gasteiger partial charge in [-0.05, 0) is 51.4 Å². The molecular weight excluding hydrogens is 312 g/mol. The Labute approximate surface area is 133 Å². The predicted molar refractivity (Wildman–Crippen MR) is 92.0 cm³/mol. The summed E-state index contributed by atoms with van der Waals surface area (Å²) in [5.74, 6) is 0.627. The largest absolute Gasteiger partial charge is 0.311 e. The van der Waals surface area contributed by atoms with Crippen LogP contribution in [0.3, 0.4) is 0 Å². The highest BCUT2D eigenvalue weighted by Gasteiger charge is 2.21. The Balaban J connectivity index is 2.67. The van der Waals surface area contributed by atoms with Crippen LogP contribution in [0.15, 0.2) is 28.7 Å². The lowest BCUT2D eigenvalue weighted by Gasteiger charge is -2.34. The van der Waals surface area contributed by atoms with Crippen LogP contribution in [0.4, 0.5) is 0 Å². The van der Waals surface area contributed by atoms with Crippen molar-refractivity contribution in [2.24, 2.45) is 5.92 Å². The fourth-order valence-electron chi connectivity index (χ4n) is 2.35. The van der Waals surface area contributed by atoms with Crippen molar-refractivity contribution in [2.45, 2.75) is 52.7 Å². The first-order valence-corrected chi connectivity index (χ1v) is 8.18. The van der Waals surface area contributed by atoms with E-state index in [0.29, 0.717) is 12.0 Å². The second-order valence-corrected chi connectivity index (χ2v) is 7.90. The quantitative estimate of drug-likeness (QED) is 0.830. The average Bonchev–Trinajstić information content (AvgIpc) is 2.26. The van der Waals surface area contributed by atoms with Gasteiger partial charge in [0.25, 0.3) is 0 Å². The molecule has 20 heavy (non-hydrogen) atoms. The first-order chi connectivity index (χ1) is 9.19. The van der Waals surface area contributed by atoms with Gasteiger partial charge in [0, 0.05) is 29.1 Å². The second-order valence-electron chi connectivity index (χ2n) is 6.99. The van der Waals surface area contributed by atoms with Crippen LogP contribution in [-0.2, 0) is 6.54 Å². The summed E-state index contributed by atoms with van der Waals surface area (Å²) in [6.07, 6.45) is 0. The molecular formula is C17H29BrN2. The maximum Gasteiger partial charge on any atom is 0.0244 e. The zero-order valence-electron chi connectivity index (χ0n) is 13.7. The summed E-state index contributed by atoms with van der Waals surface area (Å²) >= 11 is 3.54. The third-order valence-electron chi connectivity index (χ3n) is 3.50. The van der Waals surface area contributed by atoms with Crippen molar-refractivity contribution in [2.75, 3.05) is 13.6 Å². The van der Waals surface area contributed by atoms with Gasteiger partial charge >= 0.3 is 0 Å². The number of benzene rings is 1. The minimum absolute atomic E-state index is 0.170. The molecule has 0 saturated heterocycles. The van der Waals surface area contributed by atoms with E-state index in [1.807, 2.05) is 0 Å². The van der Waals surface area contributed by atoms with Crippen molar-refractivity contribution in [1.82, 2.24) is 10.2 Å². The fraction of sp³-hybridized carbons (Fsp3) is 0.647. The molecule has 1 unspecified atom stereocenters. The SMILES string of the molecule is CC(C)C(CNC(C)(C)C)N(C)Cc1cccc(Br)c1. The maximum absolute atomic E-state index is 3.63. The van der Waals surface area contributed by atoms with E-state index >= 15 is 0 Å². The summed E-state index contributed by atoms with van der Waals surface area (Å²) in [5, 5.41) is 3.63. The van der Waals surface area contributed by atoms with Gasteiger partial charge < -0.3 is 5.32 Å². The van der Waals surface area contributed by atoms with Gasteiger partial charge in [0.15, 0.2) is 0 Å². The van der Waals surface area contributed by atoms with Crippen molar-refractivity contribution in [3.05, 3.63) is 34.3 Å². The summed E-state index contributed by atoms with van der Waals surface area (Å²) in [6, 6.07) is 9.10. The van der Waals surface area contributed by atoms with Gasteiger partial charge in [-0.25, -0.2) is 0 Å². The van der Waals surface area contributed by atoms with Crippen molar-refractivity contribution < 1.29 is 0 Å². The van der Waals surface area contributed by atoms with Crippen molar-refractivity contribution in [3.8, 4) is 0 Å². The lowest BCUT2D eigenvalue weighted by atomic mass is 10.00. The third kappa shape index (κ3) is 6.38. The smallest absolute Gasteiger partial charge is 0.0244 e. The summed E-state index contributed by atoms with van der Waals surface area (Å²) in [5.41, 5.74) is 1.52. The fourth-order valence-corrected chi connectivity index (χ4v) is 2.80. The van der Waals surface area contributed by atoms with Gasteiger partial charge in [0.1, 0.15) is 0 Å². The van der Waals surface area contributed by atoms with Crippen LogP contribution in [0.2, 0.25) is 0 Å². The topological polar surface area (TPSA) is 15.3 Å². The van der Waals surface area contributed by atoms with E-state index in [1.54, 1.807) is 0 Å². The van der Waals surface area contributed by atoms with Gasteiger partial charge in [-0.2, -0.15) is 0 Å². The van der Waals surface area contributed by atoms with Gasteiger partial charge in [-0.1, -0.05) is 41.9 Å². The molecule has 1 N–H and O–H groups in total. The molecule has 2 nitrogen and oxygen atoms in total. The number of hydrogen-bond acceptors (Lipinski definition) is 2. The molecule has 0 fully saturated rings. The van der Waals surface area contributed by atoms with Crippen molar-refractivity contribution in [1.29, 1.82) is 0 Å². The van der Waals surface area contributed by atoms with Gasteiger partial charge in [-0.3, -0.25) is 4.90 Å². The van der Waals surface area contributed by atoms with E-state index in [9.17, 15) is 0 Å². The Morgan fingerprint density at radius 2 is 1.90 bits per heavy atom. The predicted octanol–water partition coefficient (Wildman–Crippen LogP) is 4.29. The molecule has 0 aliphatic heterocycles. The van der Waals surface area contributed by atoms with E-state index in [-0.39, 0.29) is 5.54 Å². The number of likely N-dealkylation sites (N-methyl/N-ethyl adjacent to an activating group) is 1. The molecule has 1 atom stereocenters. The Morgan fingerprint density at radius 3 is 2.40 bits per heavy atom. The highest BCUT2D eigenvalue weighted by Crippen LogP contribution is 2.16. The molecule has 0 spiro atoms. The van der Waals surface area contributed by atoms with Crippen LogP contribution >= 0.6 is 15.9 Å². The van der Waals surface area contributed by atoms with E-state index < -0.39 is 0 Å². The van der Waals surface area contributed by atoms with Crippen LogP contribution in [0, 0.1) is 5.92 Å². The Morgan fingerprint density at radius 1 is 1.25 bits per heavy atom. The van der Waals surface area contributed by atoms with Crippen LogP contribution < -0.4 is 5.32 Å². The molecule has 0 saturated carbocycles. The lowest BCUT2D eigenvalue weighted by Crippen LogP contribution is -2.48. The Bertz CT molecular complexity index is 410. The van der Waals surface area contributed by atoms with Gasteiger partial charge in [0.05, 0.1) is 0 Å². The van der Waals surface area contributed by atoms with E-state index in [4.69, 9.17) is 0 Å². The zero-order chi connectivity index (χ0) is 15.3. The molecule has 0 bridgehead atoms. The van der Waals surface area contributed by atoms with Crippen LogP contribution in [0.5, 0.6) is 0 Å². The number of hydrogen-bond donors (Lipinski definition) is 1. The Kier molecular flexibility index (Phi) is 6.70. The summed E-state index contributed by atoms with van der Waals surface area (Å²) in [6.45, 7) is 13.3. The molecule has 114 valence electrons. The van der Waals surface area contributed by atoms with Crippen LogP contribution in [-0.4, -0.2) is 30.1 Å². The number of nitrogens with one attached hydrogen (secondary N) is 1. The van der Waals surface area contributed by atoms with E-state index in [0.717, 1.165) is 17.6 Å². The molecule has 0 aliphatic carbocycles. The molecule has 0 amide bonds. The first kappa shape index (κ1) is 17.7. The second kappa shape index (κ2) is 7.58. The molecule has 1 rings (SSSR count). The first-order valence-electron chi connectivity index (χ1n) is 7.39. The van der Waals surface area contributed by atoms with Crippen LogP contribution in [0.1, 0.15) is 40.2 Å². The molecule has 0 aromatic heterocycles. The zero-order valence-corrected chi connectivity index (χ0v) is 15.3. The minimum atomic E-state index is 0.170. The van der Waals surface area contributed by atoms with Crippen molar-refractivity contribution >= 4 is 15.9 Å². The molecule has 0 aliphatic rings. The Hall–Kier alpha value is -0.380. The van der Waals surface area contributed by atoms with E-state index in [1.165, 1.54) is 5.56 Å². The molecule has 1 aromatic carbocycles. The monoisotopic (exact) mass is 340 g/mol.